The van der Waals surface area contributed by atoms with Crippen molar-refractivity contribution in [2.24, 2.45) is 0 Å². The molecule has 1 amide bonds. The van der Waals surface area contributed by atoms with Crippen LogP contribution < -0.4 is 5.73 Å². The molecule has 1 saturated heterocycles. The second kappa shape index (κ2) is 9.36. The number of amides is 1. The van der Waals surface area contributed by atoms with Gasteiger partial charge >= 0.3 is 0 Å². The number of aryl methyl sites for hydroxylation is 1. The van der Waals surface area contributed by atoms with Gasteiger partial charge in [0.1, 0.15) is 0 Å². The van der Waals surface area contributed by atoms with Crippen molar-refractivity contribution in [2.45, 2.75) is 38.1 Å². The molecule has 0 unspecified atom stereocenters. The lowest BCUT2D eigenvalue weighted by Crippen LogP contribution is -2.53. The monoisotopic (exact) mass is 359 g/mol. The SMILES string of the molecule is Cl.Cl.Nc1ccccc1CCC(=O)N1CCN(C2CCC2)CC1. The minimum atomic E-state index is 0. The van der Waals surface area contributed by atoms with Crippen LogP contribution in [-0.2, 0) is 11.2 Å². The van der Waals surface area contributed by atoms with E-state index in [0.29, 0.717) is 6.42 Å². The summed E-state index contributed by atoms with van der Waals surface area (Å²) < 4.78 is 0. The van der Waals surface area contributed by atoms with E-state index in [2.05, 4.69) is 4.90 Å². The molecule has 1 aliphatic carbocycles. The van der Waals surface area contributed by atoms with Gasteiger partial charge in [-0.2, -0.15) is 0 Å². The highest BCUT2D eigenvalue weighted by molar-refractivity contribution is 5.85. The Hall–Kier alpha value is -0.970. The molecule has 0 bridgehead atoms. The number of carbonyl (C=O) groups excluding carboxylic acids is 1. The largest absolute Gasteiger partial charge is 0.399 e. The maximum atomic E-state index is 12.3. The van der Waals surface area contributed by atoms with Gasteiger partial charge in [0.2, 0.25) is 5.91 Å². The van der Waals surface area contributed by atoms with Gasteiger partial charge in [0, 0.05) is 44.3 Å². The van der Waals surface area contributed by atoms with Crippen molar-refractivity contribution in [3.8, 4) is 0 Å². The molecule has 1 saturated carbocycles. The Morgan fingerprint density at radius 1 is 1.09 bits per heavy atom. The van der Waals surface area contributed by atoms with E-state index >= 15 is 0 Å². The predicted molar refractivity (Wildman–Crippen MR) is 99.5 cm³/mol. The van der Waals surface area contributed by atoms with Gasteiger partial charge in [0.25, 0.3) is 0 Å². The van der Waals surface area contributed by atoms with Crippen molar-refractivity contribution in [2.75, 3.05) is 31.9 Å². The Labute approximate surface area is 151 Å². The number of para-hydroxylation sites is 1. The van der Waals surface area contributed by atoms with Crippen LogP contribution in [0.4, 0.5) is 5.69 Å². The highest BCUT2D eigenvalue weighted by Crippen LogP contribution is 2.25. The van der Waals surface area contributed by atoms with Crippen molar-refractivity contribution < 1.29 is 4.79 Å². The van der Waals surface area contributed by atoms with E-state index in [1.807, 2.05) is 29.2 Å². The van der Waals surface area contributed by atoms with Crippen molar-refractivity contribution in [3.05, 3.63) is 29.8 Å². The molecule has 0 atom stereocenters. The van der Waals surface area contributed by atoms with Gasteiger partial charge in [0.15, 0.2) is 0 Å². The van der Waals surface area contributed by atoms with E-state index in [9.17, 15) is 4.79 Å². The van der Waals surface area contributed by atoms with E-state index in [4.69, 9.17) is 5.73 Å². The topological polar surface area (TPSA) is 49.6 Å². The van der Waals surface area contributed by atoms with Gasteiger partial charge in [-0.25, -0.2) is 0 Å². The van der Waals surface area contributed by atoms with Crippen molar-refractivity contribution in [1.82, 2.24) is 9.80 Å². The minimum absolute atomic E-state index is 0. The summed E-state index contributed by atoms with van der Waals surface area (Å²) in [5, 5.41) is 0. The summed E-state index contributed by atoms with van der Waals surface area (Å²) in [6.45, 7) is 3.87. The molecule has 1 aliphatic heterocycles. The zero-order valence-electron chi connectivity index (χ0n) is 13.4. The highest BCUT2D eigenvalue weighted by atomic mass is 35.5. The maximum Gasteiger partial charge on any atom is 0.222 e. The lowest BCUT2D eigenvalue weighted by Gasteiger charge is -2.43. The van der Waals surface area contributed by atoms with Crippen LogP contribution in [0.2, 0.25) is 0 Å². The van der Waals surface area contributed by atoms with E-state index in [1.165, 1.54) is 19.3 Å². The fourth-order valence-corrected chi connectivity index (χ4v) is 3.25. The first kappa shape index (κ1) is 20.1. The van der Waals surface area contributed by atoms with Crippen LogP contribution in [0.3, 0.4) is 0 Å². The van der Waals surface area contributed by atoms with Crippen molar-refractivity contribution in [1.29, 1.82) is 0 Å². The first-order valence-electron chi connectivity index (χ1n) is 8.09. The third-order valence-electron chi connectivity index (χ3n) is 4.92. The first-order chi connectivity index (χ1) is 10.2. The van der Waals surface area contributed by atoms with Gasteiger partial charge in [-0.15, -0.1) is 24.8 Å². The van der Waals surface area contributed by atoms with Gasteiger partial charge < -0.3 is 10.6 Å². The lowest BCUT2D eigenvalue weighted by molar-refractivity contribution is -0.133. The average Bonchev–Trinajstić information content (AvgIpc) is 2.45. The molecule has 1 heterocycles. The molecular weight excluding hydrogens is 333 g/mol. The second-order valence-corrected chi connectivity index (χ2v) is 6.20. The molecule has 6 heteroatoms. The molecule has 2 aliphatic rings. The molecule has 23 heavy (non-hydrogen) atoms. The van der Waals surface area contributed by atoms with Gasteiger partial charge in [-0.1, -0.05) is 24.6 Å². The first-order valence-corrected chi connectivity index (χ1v) is 8.09. The molecule has 0 spiro atoms. The predicted octanol–water partition coefficient (Wildman–Crippen LogP) is 2.74. The van der Waals surface area contributed by atoms with Gasteiger partial charge in [-0.05, 0) is 30.9 Å². The number of nitrogens with zero attached hydrogens (tertiary/aromatic N) is 2. The molecule has 3 rings (SSSR count). The minimum Gasteiger partial charge on any atom is -0.399 e. The third kappa shape index (κ3) is 5.00. The fourth-order valence-electron chi connectivity index (χ4n) is 3.25. The highest BCUT2D eigenvalue weighted by Gasteiger charge is 2.29. The number of piperazine rings is 1. The van der Waals surface area contributed by atoms with Crippen molar-refractivity contribution >= 4 is 36.4 Å². The number of hydrogen-bond acceptors (Lipinski definition) is 3. The molecule has 130 valence electrons. The van der Waals surface area contributed by atoms with E-state index in [0.717, 1.165) is 49.9 Å². The summed E-state index contributed by atoms with van der Waals surface area (Å²) in [5.41, 5.74) is 7.80. The number of carbonyl (C=O) groups is 1. The molecule has 2 fully saturated rings. The van der Waals surface area contributed by atoms with Crippen LogP contribution in [-0.4, -0.2) is 47.9 Å². The van der Waals surface area contributed by atoms with Crippen LogP contribution >= 0.6 is 24.8 Å². The zero-order chi connectivity index (χ0) is 14.7. The Kier molecular flexibility index (Phi) is 8.17. The summed E-state index contributed by atoms with van der Waals surface area (Å²) >= 11 is 0. The molecule has 4 nitrogen and oxygen atoms in total. The van der Waals surface area contributed by atoms with Crippen molar-refractivity contribution in [3.63, 3.8) is 0 Å². The molecule has 1 aromatic carbocycles. The number of rotatable bonds is 4. The van der Waals surface area contributed by atoms with Crippen LogP contribution in [0.25, 0.3) is 0 Å². The number of hydrogen-bond donors (Lipinski definition) is 1. The Morgan fingerprint density at radius 2 is 1.74 bits per heavy atom. The fraction of sp³-hybridized carbons (Fsp3) is 0.588. The number of anilines is 1. The zero-order valence-corrected chi connectivity index (χ0v) is 15.1. The van der Waals surface area contributed by atoms with Crippen LogP contribution in [0.15, 0.2) is 24.3 Å². The Morgan fingerprint density at radius 3 is 2.30 bits per heavy atom. The summed E-state index contributed by atoms with van der Waals surface area (Å²) in [7, 11) is 0. The molecule has 1 aromatic rings. The van der Waals surface area contributed by atoms with Crippen LogP contribution in [0.5, 0.6) is 0 Å². The maximum absolute atomic E-state index is 12.3. The summed E-state index contributed by atoms with van der Waals surface area (Å²) in [6.07, 6.45) is 5.39. The smallest absolute Gasteiger partial charge is 0.222 e. The number of halogens is 2. The number of nitrogens with two attached hydrogens (primary N) is 1. The van der Waals surface area contributed by atoms with E-state index in [-0.39, 0.29) is 30.7 Å². The Bertz CT molecular complexity index is 500. The summed E-state index contributed by atoms with van der Waals surface area (Å²) in [4.78, 5) is 16.9. The number of nitrogen functional groups attached to an aromatic ring is 1. The van der Waals surface area contributed by atoms with E-state index in [1.54, 1.807) is 0 Å². The number of benzene rings is 1. The van der Waals surface area contributed by atoms with Gasteiger partial charge in [0.05, 0.1) is 0 Å². The standard InChI is InChI=1S/C17H25N3O.2ClH/c18-16-7-2-1-4-14(16)8-9-17(21)20-12-10-19(11-13-20)15-5-3-6-15;;/h1-2,4,7,15H,3,5-6,8-13,18H2;2*1H. The van der Waals surface area contributed by atoms with Crippen LogP contribution in [0, 0.1) is 0 Å². The molecule has 0 radical (unpaired) electrons. The van der Waals surface area contributed by atoms with Crippen LogP contribution in [0.1, 0.15) is 31.2 Å². The summed E-state index contributed by atoms with van der Waals surface area (Å²) in [5.74, 6) is 0.270. The molecule has 2 N–H and O–H groups in total. The third-order valence-corrected chi connectivity index (χ3v) is 4.92. The average molecular weight is 360 g/mol. The molecule has 0 aromatic heterocycles. The van der Waals surface area contributed by atoms with Gasteiger partial charge in [-0.3, -0.25) is 9.69 Å². The summed E-state index contributed by atoms with van der Waals surface area (Å²) in [6, 6.07) is 8.62. The Balaban J connectivity index is 0.00000132. The normalized spacial score (nSPS) is 18.5. The quantitative estimate of drug-likeness (QED) is 0.840. The lowest BCUT2D eigenvalue weighted by atomic mass is 9.91. The molecular formula is C17H27Cl2N3O. The van der Waals surface area contributed by atoms with E-state index < -0.39 is 0 Å². The second-order valence-electron chi connectivity index (χ2n) is 6.20.